The maximum absolute atomic E-state index is 12.7. The number of hydrogen-bond donors (Lipinski definition) is 0. The van der Waals surface area contributed by atoms with Crippen LogP contribution in [0.2, 0.25) is 0 Å². The van der Waals surface area contributed by atoms with Crippen LogP contribution in [0.5, 0.6) is 0 Å². The van der Waals surface area contributed by atoms with Gasteiger partial charge in [0.1, 0.15) is 6.04 Å². The largest absolute Gasteiger partial charge is 0.337 e. The van der Waals surface area contributed by atoms with Gasteiger partial charge in [-0.3, -0.25) is 9.59 Å². The van der Waals surface area contributed by atoms with E-state index in [0.29, 0.717) is 19.0 Å². The molecule has 0 radical (unpaired) electrons. The number of carbonyl (C=O) groups is 2. The van der Waals surface area contributed by atoms with Crippen LogP contribution in [0.3, 0.4) is 0 Å². The standard InChI is InChI=1S/C14H22N2O2S/c17-13-4-8-15(11-5-9-19-10-6-11)14(18)12-3-1-2-7-16(12)13/h11-12H,1-10H2. The lowest BCUT2D eigenvalue weighted by Gasteiger charge is -2.38. The third kappa shape index (κ3) is 2.62. The Morgan fingerprint density at radius 3 is 2.53 bits per heavy atom. The fourth-order valence-corrected chi connectivity index (χ4v) is 4.59. The van der Waals surface area contributed by atoms with Crippen molar-refractivity contribution in [1.82, 2.24) is 9.80 Å². The number of nitrogens with zero attached hydrogens (tertiary/aromatic N) is 2. The van der Waals surface area contributed by atoms with Gasteiger partial charge in [0.2, 0.25) is 11.8 Å². The van der Waals surface area contributed by atoms with E-state index in [0.717, 1.165) is 50.2 Å². The number of hydrogen-bond acceptors (Lipinski definition) is 3. The smallest absolute Gasteiger partial charge is 0.245 e. The van der Waals surface area contributed by atoms with Crippen molar-refractivity contribution < 1.29 is 9.59 Å². The van der Waals surface area contributed by atoms with Crippen molar-refractivity contribution in [3.05, 3.63) is 0 Å². The van der Waals surface area contributed by atoms with Crippen molar-refractivity contribution in [3.8, 4) is 0 Å². The SMILES string of the molecule is O=C1C2CCCCN2C(=O)CCN1C1CCSCC1. The second-order valence-corrected chi connectivity index (χ2v) is 6.95. The Kier molecular flexibility index (Phi) is 4.01. The number of piperidine rings is 1. The molecule has 0 aromatic heterocycles. The van der Waals surface area contributed by atoms with Crippen LogP contribution in [0.1, 0.15) is 38.5 Å². The number of rotatable bonds is 1. The minimum Gasteiger partial charge on any atom is -0.337 e. The van der Waals surface area contributed by atoms with Crippen molar-refractivity contribution in [2.24, 2.45) is 0 Å². The average molecular weight is 282 g/mol. The van der Waals surface area contributed by atoms with E-state index in [1.807, 2.05) is 21.6 Å². The monoisotopic (exact) mass is 282 g/mol. The van der Waals surface area contributed by atoms with E-state index in [1.54, 1.807) is 0 Å². The fourth-order valence-electron chi connectivity index (χ4n) is 3.51. The van der Waals surface area contributed by atoms with E-state index >= 15 is 0 Å². The van der Waals surface area contributed by atoms with Gasteiger partial charge >= 0.3 is 0 Å². The van der Waals surface area contributed by atoms with Gasteiger partial charge in [0, 0.05) is 25.6 Å². The Balaban J connectivity index is 1.78. The second kappa shape index (κ2) is 5.73. The van der Waals surface area contributed by atoms with Gasteiger partial charge in [0.25, 0.3) is 0 Å². The van der Waals surface area contributed by atoms with Gasteiger partial charge in [0.15, 0.2) is 0 Å². The van der Waals surface area contributed by atoms with E-state index < -0.39 is 0 Å². The molecule has 0 bridgehead atoms. The van der Waals surface area contributed by atoms with Crippen LogP contribution >= 0.6 is 11.8 Å². The summed E-state index contributed by atoms with van der Waals surface area (Å²) in [7, 11) is 0. The van der Waals surface area contributed by atoms with Gasteiger partial charge in [-0.1, -0.05) is 0 Å². The fraction of sp³-hybridized carbons (Fsp3) is 0.857. The quantitative estimate of drug-likeness (QED) is 0.732. The third-order valence-electron chi connectivity index (χ3n) is 4.59. The summed E-state index contributed by atoms with van der Waals surface area (Å²) in [5.74, 6) is 2.71. The molecule has 0 aliphatic carbocycles. The van der Waals surface area contributed by atoms with Crippen molar-refractivity contribution in [2.75, 3.05) is 24.6 Å². The average Bonchev–Trinajstić information content (AvgIpc) is 2.59. The summed E-state index contributed by atoms with van der Waals surface area (Å²) in [5.41, 5.74) is 0. The van der Waals surface area contributed by atoms with Crippen LogP contribution in [0.15, 0.2) is 0 Å². The lowest BCUT2D eigenvalue weighted by Crippen LogP contribution is -2.52. The topological polar surface area (TPSA) is 40.6 Å². The van der Waals surface area contributed by atoms with Gasteiger partial charge < -0.3 is 9.80 Å². The van der Waals surface area contributed by atoms with Gasteiger partial charge in [0.05, 0.1) is 0 Å². The molecule has 0 N–H and O–H groups in total. The molecule has 1 unspecified atom stereocenters. The Bertz CT molecular complexity index is 368. The molecule has 4 nitrogen and oxygen atoms in total. The summed E-state index contributed by atoms with van der Waals surface area (Å²) < 4.78 is 0. The molecular weight excluding hydrogens is 260 g/mol. The first-order valence-corrected chi connectivity index (χ1v) is 8.60. The van der Waals surface area contributed by atoms with Crippen LogP contribution in [0, 0.1) is 0 Å². The second-order valence-electron chi connectivity index (χ2n) is 5.72. The molecule has 3 saturated heterocycles. The highest BCUT2D eigenvalue weighted by atomic mass is 32.2. The first-order chi connectivity index (χ1) is 9.27. The molecule has 0 aromatic carbocycles. The van der Waals surface area contributed by atoms with E-state index in [4.69, 9.17) is 0 Å². The zero-order valence-electron chi connectivity index (χ0n) is 11.3. The number of thioether (sulfide) groups is 1. The molecule has 106 valence electrons. The summed E-state index contributed by atoms with van der Waals surface area (Å²) in [6, 6.07) is 0.224. The van der Waals surface area contributed by atoms with Crippen LogP contribution in [0.25, 0.3) is 0 Å². The normalized spacial score (nSPS) is 30.2. The Morgan fingerprint density at radius 2 is 1.74 bits per heavy atom. The zero-order chi connectivity index (χ0) is 13.2. The van der Waals surface area contributed by atoms with E-state index in [-0.39, 0.29) is 17.9 Å². The molecule has 19 heavy (non-hydrogen) atoms. The molecule has 0 aromatic rings. The maximum atomic E-state index is 12.7. The first-order valence-electron chi connectivity index (χ1n) is 7.45. The van der Waals surface area contributed by atoms with Gasteiger partial charge in [-0.15, -0.1) is 0 Å². The lowest BCUT2D eigenvalue weighted by atomic mass is 10.0. The predicted octanol–water partition coefficient (Wildman–Crippen LogP) is 1.50. The van der Waals surface area contributed by atoms with Crippen molar-refractivity contribution >= 4 is 23.6 Å². The van der Waals surface area contributed by atoms with E-state index in [9.17, 15) is 9.59 Å². The first kappa shape index (κ1) is 13.3. The summed E-state index contributed by atoms with van der Waals surface area (Å²) >= 11 is 1.98. The zero-order valence-corrected chi connectivity index (χ0v) is 12.2. The number of carbonyl (C=O) groups excluding carboxylic acids is 2. The van der Waals surface area contributed by atoms with Crippen molar-refractivity contribution in [3.63, 3.8) is 0 Å². The van der Waals surface area contributed by atoms with E-state index in [1.165, 1.54) is 0 Å². The van der Waals surface area contributed by atoms with Crippen LogP contribution in [0.4, 0.5) is 0 Å². The maximum Gasteiger partial charge on any atom is 0.245 e. The predicted molar refractivity (Wildman–Crippen MR) is 76.0 cm³/mol. The highest BCUT2D eigenvalue weighted by Gasteiger charge is 2.39. The summed E-state index contributed by atoms with van der Waals surface area (Å²) in [5, 5.41) is 0. The molecule has 0 spiro atoms. The highest BCUT2D eigenvalue weighted by molar-refractivity contribution is 7.99. The lowest BCUT2D eigenvalue weighted by molar-refractivity contribution is -0.144. The van der Waals surface area contributed by atoms with E-state index in [2.05, 4.69) is 0 Å². The molecular formula is C14H22N2O2S. The molecule has 0 saturated carbocycles. The molecule has 3 heterocycles. The Morgan fingerprint density at radius 1 is 0.947 bits per heavy atom. The van der Waals surface area contributed by atoms with Crippen molar-refractivity contribution in [2.45, 2.75) is 50.6 Å². The van der Waals surface area contributed by atoms with Crippen molar-refractivity contribution in [1.29, 1.82) is 0 Å². The minimum absolute atomic E-state index is 0.154. The van der Waals surface area contributed by atoms with Gasteiger partial charge in [-0.25, -0.2) is 0 Å². The number of amides is 2. The van der Waals surface area contributed by atoms with Crippen LogP contribution < -0.4 is 0 Å². The Labute approximate surface area is 118 Å². The molecule has 3 fully saturated rings. The minimum atomic E-state index is -0.154. The molecule has 3 aliphatic rings. The molecule has 2 amide bonds. The summed E-state index contributed by atoms with van der Waals surface area (Å²) in [4.78, 5) is 28.8. The summed E-state index contributed by atoms with van der Waals surface area (Å²) in [6.07, 6.45) is 5.70. The van der Waals surface area contributed by atoms with Gasteiger partial charge in [-0.05, 0) is 43.6 Å². The summed E-state index contributed by atoms with van der Waals surface area (Å²) in [6.45, 7) is 1.42. The Hall–Kier alpha value is -0.710. The molecule has 3 aliphatic heterocycles. The molecule has 1 atom stereocenters. The molecule has 3 rings (SSSR count). The third-order valence-corrected chi connectivity index (χ3v) is 5.64. The molecule has 5 heteroatoms. The van der Waals surface area contributed by atoms with Gasteiger partial charge in [-0.2, -0.15) is 11.8 Å². The number of fused-ring (bicyclic) bond motifs is 1. The van der Waals surface area contributed by atoms with Crippen LogP contribution in [-0.4, -0.2) is 58.3 Å². The highest BCUT2D eigenvalue weighted by Crippen LogP contribution is 2.28. The van der Waals surface area contributed by atoms with Crippen LogP contribution in [-0.2, 0) is 9.59 Å².